The van der Waals surface area contributed by atoms with Crippen molar-refractivity contribution in [3.05, 3.63) is 41.5 Å². The molecule has 1 fully saturated rings. The Kier molecular flexibility index (Phi) is 5.87. The van der Waals surface area contributed by atoms with Crippen LogP contribution in [0.1, 0.15) is 62.1 Å². The van der Waals surface area contributed by atoms with E-state index in [2.05, 4.69) is 43.3 Å². The number of nitrogens with one attached hydrogen (secondary N) is 1. The van der Waals surface area contributed by atoms with E-state index in [1.54, 1.807) is 5.56 Å². The molecular weight excluding hydrogens is 298 g/mol. The van der Waals surface area contributed by atoms with Gasteiger partial charge in [-0.1, -0.05) is 62.5 Å². The second kappa shape index (κ2) is 7.90. The Balaban J connectivity index is 1.83. The van der Waals surface area contributed by atoms with E-state index in [0.717, 1.165) is 12.3 Å². The molecule has 0 spiro atoms. The van der Waals surface area contributed by atoms with Crippen LogP contribution >= 0.6 is 11.8 Å². The summed E-state index contributed by atoms with van der Waals surface area (Å²) < 4.78 is 0. The number of rotatable bonds is 4. The van der Waals surface area contributed by atoms with Gasteiger partial charge in [-0.2, -0.15) is 0 Å². The average Bonchev–Trinajstić information content (AvgIpc) is 2.73. The molecule has 1 heterocycles. The number of benzene rings is 1. The largest absolute Gasteiger partial charge is 0.302 e. The molecule has 2 heteroatoms. The zero-order valence-electron chi connectivity index (χ0n) is 14.7. The molecule has 1 nitrogen and oxygen atoms in total. The lowest BCUT2D eigenvalue weighted by Crippen LogP contribution is -2.38. The summed E-state index contributed by atoms with van der Waals surface area (Å²) in [4.78, 5) is 0. The summed E-state index contributed by atoms with van der Waals surface area (Å²) in [5, 5.41) is 4.51. The Hall–Kier alpha value is -0.730. The second-order valence-corrected chi connectivity index (χ2v) is 8.50. The summed E-state index contributed by atoms with van der Waals surface area (Å²) in [6.07, 6.45) is 13.1. The third-order valence-corrected chi connectivity index (χ3v) is 6.51. The predicted molar refractivity (Wildman–Crippen MR) is 104 cm³/mol. The Morgan fingerprint density at radius 1 is 1.22 bits per heavy atom. The van der Waals surface area contributed by atoms with Gasteiger partial charge in [0.1, 0.15) is 0 Å². The molecule has 2 atom stereocenters. The van der Waals surface area contributed by atoms with Gasteiger partial charge >= 0.3 is 0 Å². The van der Waals surface area contributed by atoms with Crippen molar-refractivity contribution in [1.29, 1.82) is 0 Å². The van der Waals surface area contributed by atoms with Crippen LogP contribution in [0.15, 0.2) is 24.8 Å². The fraction of sp³-hybridized carbons (Fsp3) is 0.619. The highest BCUT2D eigenvalue weighted by Crippen LogP contribution is 2.32. The van der Waals surface area contributed by atoms with Gasteiger partial charge in [0, 0.05) is 6.04 Å². The maximum Gasteiger partial charge on any atom is 0.0572 e. The van der Waals surface area contributed by atoms with E-state index in [1.807, 2.05) is 11.8 Å². The molecule has 1 aliphatic heterocycles. The first kappa shape index (κ1) is 17.1. The fourth-order valence-corrected chi connectivity index (χ4v) is 5.10. The molecular formula is C21H31NS. The van der Waals surface area contributed by atoms with Crippen molar-refractivity contribution in [2.45, 2.75) is 69.7 Å². The molecule has 23 heavy (non-hydrogen) atoms. The van der Waals surface area contributed by atoms with Crippen LogP contribution in [0.5, 0.6) is 0 Å². The molecule has 0 radical (unpaired) electrons. The second-order valence-electron chi connectivity index (χ2n) is 7.46. The molecule has 1 aliphatic carbocycles. The van der Waals surface area contributed by atoms with Crippen molar-refractivity contribution in [2.24, 2.45) is 5.92 Å². The number of hydrogen-bond acceptors (Lipinski definition) is 2. The topological polar surface area (TPSA) is 12.0 Å². The molecule has 0 aromatic heterocycles. The first-order valence-corrected chi connectivity index (χ1v) is 10.5. The van der Waals surface area contributed by atoms with Crippen LogP contribution in [0.2, 0.25) is 0 Å². The van der Waals surface area contributed by atoms with Gasteiger partial charge in [-0.15, -0.1) is 11.8 Å². The van der Waals surface area contributed by atoms with E-state index >= 15 is 0 Å². The minimum Gasteiger partial charge on any atom is -0.302 e. The van der Waals surface area contributed by atoms with Crippen LogP contribution in [0.4, 0.5) is 0 Å². The van der Waals surface area contributed by atoms with Gasteiger partial charge in [0.05, 0.1) is 5.37 Å². The maximum absolute atomic E-state index is 4.22. The van der Waals surface area contributed by atoms with Crippen molar-refractivity contribution in [2.75, 3.05) is 6.26 Å². The molecule has 2 aliphatic rings. The molecule has 1 aromatic carbocycles. The lowest BCUT2D eigenvalue weighted by Gasteiger charge is -2.28. The SMILES string of the molecule is C=C(C)c1cccc2c1CC(CC1CCCCC1)NC(SC)C2. The monoisotopic (exact) mass is 329 g/mol. The van der Waals surface area contributed by atoms with Crippen LogP contribution in [-0.4, -0.2) is 17.7 Å². The first-order valence-electron chi connectivity index (χ1n) is 9.23. The summed E-state index contributed by atoms with van der Waals surface area (Å²) in [5.41, 5.74) is 5.69. The van der Waals surface area contributed by atoms with Crippen LogP contribution in [0.3, 0.4) is 0 Å². The molecule has 1 aromatic rings. The van der Waals surface area contributed by atoms with Crippen LogP contribution in [-0.2, 0) is 12.8 Å². The van der Waals surface area contributed by atoms with Crippen molar-refractivity contribution < 1.29 is 0 Å². The lowest BCUT2D eigenvalue weighted by atomic mass is 9.83. The number of allylic oxidation sites excluding steroid dienone is 1. The van der Waals surface area contributed by atoms with E-state index < -0.39 is 0 Å². The normalized spacial score (nSPS) is 25.7. The Bertz CT molecular complexity index is 545. The first-order chi connectivity index (χ1) is 11.2. The van der Waals surface area contributed by atoms with Gasteiger partial charge < -0.3 is 5.32 Å². The number of thioether (sulfide) groups is 1. The van der Waals surface area contributed by atoms with E-state index in [0.29, 0.717) is 11.4 Å². The summed E-state index contributed by atoms with van der Waals surface area (Å²) in [5.74, 6) is 0.933. The van der Waals surface area contributed by atoms with Gasteiger partial charge in [-0.3, -0.25) is 0 Å². The standard InChI is InChI=1S/C21H31NS/c1-15(2)19-11-7-10-17-13-21(23-3)22-18(14-20(17)19)12-16-8-5-4-6-9-16/h7,10-11,16,18,21-22H,1,4-6,8-9,12-14H2,2-3H3. The van der Waals surface area contributed by atoms with Gasteiger partial charge in [0.2, 0.25) is 0 Å². The predicted octanol–water partition coefficient (Wildman–Crippen LogP) is 5.44. The van der Waals surface area contributed by atoms with Gasteiger partial charge in [0.15, 0.2) is 0 Å². The molecule has 1 saturated carbocycles. The third-order valence-electron chi connectivity index (χ3n) is 5.64. The Morgan fingerprint density at radius 2 is 2.00 bits per heavy atom. The van der Waals surface area contributed by atoms with Gasteiger partial charge in [0.25, 0.3) is 0 Å². The number of fused-ring (bicyclic) bond motifs is 1. The van der Waals surface area contributed by atoms with Crippen molar-refractivity contribution in [3.63, 3.8) is 0 Å². The van der Waals surface area contributed by atoms with E-state index in [4.69, 9.17) is 0 Å². The fourth-order valence-electron chi connectivity index (χ4n) is 4.42. The van der Waals surface area contributed by atoms with Gasteiger partial charge in [-0.05, 0) is 55.1 Å². The Labute approximate surface area is 146 Å². The minimum atomic E-state index is 0.546. The molecule has 126 valence electrons. The molecule has 0 saturated heterocycles. The Morgan fingerprint density at radius 3 is 2.70 bits per heavy atom. The van der Waals surface area contributed by atoms with Gasteiger partial charge in [-0.25, -0.2) is 0 Å². The van der Waals surface area contributed by atoms with Crippen LogP contribution < -0.4 is 5.32 Å². The van der Waals surface area contributed by atoms with Crippen molar-refractivity contribution in [3.8, 4) is 0 Å². The lowest BCUT2D eigenvalue weighted by molar-refractivity contribution is 0.296. The third kappa shape index (κ3) is 4.22. The van der Waals surface area contributed by atoms with E-state index in [-0.39, 0.29) is 0 Å². The average molecular weight is 330 g/mol. The van der Waals surface area contributed by atoms with E-state index in [1.165, 1.54) is 61.6 Å². The van der Waals surface area contributed by atoms with E-state index in [9.17, 15) is 0 Å². The molecule has 3 rings (SSSR count). The zero-order valence-corrected chi connectivity index (χ0v) is 15.6. The highest BCUT2D eigenvalue weighted by Gasteiger charge is 2.26. The highest BCUT2D eigenvalue weighted by atomic mass is 32.2. The summed E-state index contributed by atoms with van der Waals surface area (Å²) in [6.45, 7) is 6.37. The summed E-state index contributed by atoms with van der Waals surface area (Å²) in [7, 11) is 0. The number of hydrogen-bond donors (Lipinski definition) is 1. The smallest absolute Gasteiger partial charge is 0.0572 e. The van der Waals surface area contributed by atoms with Crippen LogP contribution in [0, 0.1) is 5.92 Å². The maximum atomic E-state index is 4.22. The molecule has 0 bridgehead atoms. The van der Waals surface area contributed by atoms with Crippen LogP contribution in [0.25, 0.3) is 5.57 Å². The summed E-state index contributed by atoms with van der Waals surface area (Å²) in [6, 6.07) is 7.42. The van der Waals surface area contributed by atoms with Crippen molar-refractivity contribution >= 4 is 17.3 Å². The minimum absolute atomic E-state index is 0.546. The van der Waals surface area contributed by atoms with Crippen molar-refractivity contribution in [1.82, 2.24) is 5.32 Å². The molecule has 2 unspecified atom stereocenters. The highest BCUT2D eigenvalue weighted by molar-refractivity contribution is 7.99. The quantitative estimate of drug-likeness (QED) is 0.790. The zero-order chi connectivity index (χ0) is 16.2. The molecule has 0 amide bonds. The summed E-state index contributed by atoms with van der Waals surface area (Å²) >= 11 is 1.97. The molecule has 1 N–H and O–H groups in total.